The molecule has 2 heterocycles. The van der Waals surface area contributed by atoms with Crippen LogP contribution in [0.1, 0.15) is 56.7 Å². The fourth-order valence-electron chi connectivity index (χ4n) is 2.67. The van der Waals surface area contributed by atoms with E-state index in [4.69, 9.17) is 10.3 Å². The van der Waals surface area contributed by atoms with E-state index in [0.29, 0.717) is 24.7 Å². The van der Waals surface area contributed by atoms with Gasteiger partial charge in [0.15, 0.2) is 5.82 Å². The van der Waals surface area contributed by atoms with Crippen molar-refractivity contribution in [1.29, 1.82) is 0 Å². The fraction of sp³-hybridized carbons (Fsp3) is 0.769. The van der Waals surface area contributed by atoms with Gasteiger partial charge in [-0.2, -0.15) is 4.98 Å². The highest BCUT2D eigenvalue weighted by atomic mass is 16.5. The van der Waals surface area contributed by atoms with Gasteiger partial charge in [0.25, 0.3) is 0 Å². The standard InChI is InChI=1S/C13H20N4O2/c14-13(6-4-7-13)12-15-10(19-16-12)9-17-8-3-1-2-5-11(17)18/h1-9,14H2. The van der Waals surface area contributed by atoms with Gasteiger partial charge in [-0.25, -0.2) is 0 Å². The van der Waals surface area contributed by atoms with Crippen LogP contribution in [0, 0.1) is 0 Å². The van der Waals surface area contributed by atoms with Crippen LogP contribution in [0.3, 0.4) is 0 Å². The molecular weight excluding hydrogens is 244 g/mol. The van der Waals surface area contributed by atoms with E-state index in [1.165, 1.54) is 0 Å². The Hall–Kier alpha value is -1.43. The maximum absolute atomic E-state index is 11.9. The highest BCUT2D eigenvalue weighted by molar-refractivity contribution is 5.76. The Morgan fingerprint density at radius 2 is 2.11 bits per heavy atom. The number of likely N-dealkylation sites (tertiary alicyclic amines) is 1. The van der Waals surface area contributed by atoms with E-state index in [2.05, 4.69) is 10.1 Å². The number of aromatic nitrogens is 2. The van der Waals surface area contributed by atoms with Crippen molar-refractivity contribution >= 4 is 5.91 Å². The SMILES string of the molecule is NC1(c2noc(CN3CCCCCC3=O)n2)CCC1. The van der Waals surface area contributed by atoms with Gasteiger partial charge in [0.05, 0.1) is 12.1 Å². The highest BCUT2D eigenvalue weighted by Gasteiger charge is 2.39. The Morgan fingerprint density at radius 1 is 1.26 bits per heavy atom. The zero-order chi connectivity index (χ0) is 13.3. The number of amides is 1. The van der Waals surface area contributed by atoms with Crippen molar-refractivity contribution in [2.75, 3.05) is 6.54 Å². The van der Waals surface area contributed by atoms with Crippen LogP contribution in [0.15, 0.2) is 4.52 Å². The molecule has 0 radical (unpaired) electrons. The number of carbonyl (C=O) groups excluding carboxylic acids is 1. The number of carbonyl (C=O) groups is 1. The number of nitrogens with two attached hydrogens (primary N) is 1. The van der Waals surface area contributed by atoms with E-state index in [1.54, 1.807) is 0 Å². The maximum Gasteiger partial charge on any atom is 0.246 e. The molecule has 0 bridgehead atoms. The van der Waals surface area contributed by atoms with E-state index < -0.39 is 5.54 Å². The van der Waals surface area contributed by atoms with Crippen molar-refractivity contribution in [1.82, 2.24) is 15.0 Å². The molecule has 2 aliphatic rings. The molecule has 1 saturated carbocycles. The van der Waals surface area contributed by atoms with Gasteiger partial charge in [-0.05, 0) is 32.1 Å². The van der Waals surface area contributed by atoms with Crippen molar-refractivity contribution < 1.29 is 9.32 Å². The third kappa shape index (κ3) is 2.49. The number of rotatable bonds is 3. The second-order valence-electron chi connectivity index (χ2n) is 5.65. The van der Waals surface area contributed by atoms with Crippen LogP contribution < -0.4 is 5.73 Å². The van der Waals surface area contributed by atoms with E-state index in [9.17, 15) is 4.79 Å². The molecule has 1 aliphatic heterocycles. The van der Waals surface area contributed by atoms with E-state index >= 15 is 0 Å². The summed E-state index contributed by atoms with van der Waals surface area (Å²) in [6, 6.07) is 0. The van der Waals surface area contributed by atoms with Gasteiger partial charge in [0, 0.05) is 13.0 Å². The molecule has 19 heavy (non-hydrogen) atoms. The van der Waals surface area contributed by atoms with Gasteiger partial charge in [-0.3, -0.25) is 4.79 Å². The van der Waals surface area contributed by atoms with Crippen LogP contribution in [0.5, 0.6) is 0 Å². The summed E-state index contributed by atoms with van der Waals surface area (Å²) in [4.78, 5) is 18.1. The average Bonchev–Trinajstić information content (AvgIpc) is 2.73. The average molecular weight is 264 g/mol. The van der Waals surface area contributed by atoms with Crippen LogP contribution in [0.2, 0.25) is 0 Å². The number of nitrogens with zero attached hydrogens (tertiary/aromatic N) is 3. The fourth-order valence-corrected chi connectivity index (χ4v) is 2.67. The van der Waals surface area contributed by atoms with Gasteiger partial charge in [-0.15, -0.1) is 0 Å². The van der Waals surface area contributed by atoms with Gasteiger partial charge in [0.2, 0.25) is 11.8 Å². The first-order chi connectivity index (χ1) is 9.17. The maximum atomic E-state index is 11.9. The molecule has 1 aliphatic carbocycles. The largest absolute Gasteiger partial charge is 0.337 e. The first kappa shape index (κ1) is 12.6. The molecule has 3 rings (SSSR count). The molecule has 2 N–H and O–H groups in total. The van der Waals surface area contributed by atoms with Gasteiger partial charge in [0.1, 0.15) is 0 Å². The molecule has 6 nitrogen and oxygen atoms in total. The summed E-state index contributed by atoms with van der Waals surface area (Å²) < 4.78 is 5.24. The van der Waals surface area contributed by atoms with Crippen LogP contribution >= 0.6 is 0 Å². The minimum Gasteiger partial charge on any atom is -0.337 e. The molecule has 0 aromatic carbocycles. The lowest BCUT2D eigenvalue weighted by atomic mass is 9.77. The van der Waals surface area contributed by atoms with Crippen LogP contribution in [0.25, 0.3) is 0 Å². The zero-order valence-electron chi connectivity index (χ0n) is 11.1. The monoisotopic (exact) mass is 264 g/mol. The summed E-state index contributed by atoms with van der Waals surface area (Å²) in [5, 5.41) is 3.97. The Kier molecular flexibility index (Phi) is 3.26. The Bertz CT molecular complexity index is 467. The third-order valence-corrected chi connectivity index (χ3v) is 4.16. The van der Waals surface area contributed by atoms with Crippen molar-refractivity contribution in [3.05, 3.63) is 11.7 Å². The lowest BCUT2D eigenvalue weighted by Gasteiger charge is -2.34. The quantitative estimate of drug-likeness (QED) is 0.889. The molecule has 1 aromatic rings. The molecule has 1 aromatic heterocycles. The molecule has 1 amide bonds. The molecule has 6 heteroatoms. The zero-order valence-corrected chi connectivity index (χ0v) is 11.1. The summed E-state index contributed by atoms with van der Waals surface area (Å²) in [5.41, 5.74) is 5.76. The molecule has 0 spiro atoms. The number of hydrogen-bond acceptors (Lipinski definition) is 5. The first-order valence-corrected chi connectivity index (χ1v) is 7.07. The summed E-state index contributed by atoms with van der Waals surface area (Å²) in [6.07, 6.45) is 6.71. The minimum atomic E-state index is -0.398. The summed E-state index contributed by atoms with van der Waals surface area (Å²) >= 11 is 0. The third-order valence-electron chi connectivity index (χ3n) is 4.16. The van der Waals surface area contributed by atoms with Gasteiger partial charge in [-0.1, -0.05) is 11.6 Å². The lowest BCUT2D eigenvalue weighted by molar-refractivity contribution is -0.131. The highest BCUT2D eigenvalue weighted by Crippen LogP contribution is 2.36. The number of hydrogen-bond donors (Lipinski definition) is 1. The van der Waals surface area contributed by atoms with E-state index in [-0.39, 0.29) is 5.91 Å². The molecule has 0 unspecified atom stereocenters. The van der Waals surface area contributed by atoms with Crippen molar-refractivity contribution in [2.24, 2.45) is 5.73 Å². The topological polar surface area (TPSA) is 85.2 Å². The molecule has 1 saturated heterocycles. The molecule has 2 fully saturated rings. The second kappa shape index (κ2) is 4.92. The Balaban J connectivity index is 1.67. The summed E-state index contributed by atoms with van der Waals surface area (Å²) in [6.45, 7) is 1.20. The van der Waals surface area contributed by atoms with Gasteiger partial charge >= 0.3 is 0 Å². The van der Waals surface area contributed by atoms with Crippen LogP contribution in [-0.2, 0) is 16.9 Å². The van der Waals surface area contributed by atoms with E-state index in [1.807, 2.05) is 4.90 Å². The van der Waals surface area contributed by atoms with Gasteiger partial charge < -0.3 is 15.2 Å². The van der Waals surface area contributed by atoms with E-state index in [0.717, 1.165) is 45.1 Å². The predicted molar refractivity (Wildman–Crippen MR) is 67.9 cm³/mol. The lowest BCUT2D eigenvalue weighted by Crippen LogP contribution is -2.44. The van der Waals surface area contributed by atoms with Crippen LogP contribution in [-0.4, -0.2) is 27.5 Å². The molecule has 104 valence electrons. The normalized spacial score (nSPS) is 23.0. The summed E-state index contributed by atoms with van der Waals surface area (Å²) in [7, 11) is 0. The Labute approximate surface area is 112 Å². The molecular formula is C13H20N4O2. The van der Waals surface area contributed by atoms with Crippen molar-refractivity contribution in [3.63, 3.8) is 0 Å². The minimum absolute atomic E-state index is 0.184. The Morgan fingerprint density at radius 3 is 2.84 bits per heavy atom. The second-order valence-corrected chi connectivity index (χ2v) is 5.65. The predicted octanol–water partition coefficient (Wildman–Crippen LogP) is 1.31. The first-order valence-electron chi connectivity index (χ1n) is 7.07. The van der Waals surface area contributed by atoms with Crippen molar-refractivity contribution in [3.8, 4) is 0 Å². The van der Waals surface area contributed by atoms with Crippen molar-refractivity contribution in [2.45, 2.75) is 57.0 Å². The molecule has 0 atom stereocenters. The van der Waals surface area contributed by atoms with Crippen LogP contribution in [0.4, 0.5) is 0 Å². The summed E-state index contributed by atoms with van der Waals surface area (Å²) in [5.74, 6) is 1.28. The smallest absolute Gasteiger partial charge is 0.246 e.